The third kappa shape index (κ3) is 9.48. The number of aromatic nitrogens is 2. The van der Waals surface area contributed by atoms with Crippen LogP contribution >= 0.6 is 0 Å². The summed E-state index contributed by atoms with van der Waals surface area (Å²) in [6, 6.07) is 4.65. The lowest BCUT2D eigenvalue weighted by molar-refractivity contribution is -0.134. The smallest absolute Gasteiger partial charge is 0.437 e. The van der Waals surface area contributed by atoms with Crippen LogP contribution in [0.1, 0.15) is 5.56 Å². The van der Waals surface area contributed by atoms with Crippen molar-refractivity contribution in [1.82, 2.24) is 9.97 Å². The van der Waals surface area contributed by atoms with Gasteiger partial charge < -0.3 is 36.2 Å². The summed E-state index contributed by atoms with van der Waals surface area (Å²) < 4.78 is 31.6. The lowest BCUT2D eigenvalue weighted by Crippen LogP contribution is -2.48. The first-order chi connectivity index (χ1) is 18.1. The summed E-state index contributed by atoms with van der Waals surface area (Å²) in [7, 11) is 0. The Balaban J connectivity index is 0.000000550. The van der Waals surface area contributed by atoms with Gasteiger partial charge in [-0.2, -0.15) is 0 Å². The second-order valence-electron chi connectivity index (χ2n) is 7.19. The van der Waals surface area contributed by atoms with Gasteiger partial charge in [0, 0.05) is 41.2 Å². The minimum Gasteiger partial charge on any atom is -0.478 e. The van der Waals surface area contributed by atoms with Gasteiger partial charge in [0.1, 0.15) is 25.7 Å². The number of anilines is 1. The van der Waals surface area contributed by atoms with Crippen molar-refractivity contribution in [2.24, 2.45) is 21.6 Å². The molecule has 1 aliphatic rings. The van der Waals surface area contributed by atoms with Crippen LogP contribution in [-0.2, 0) is 25.8 Å². The number of ether oxygens (including phenoxy) is 1. The molecule has 202 valence electrons. The molecule has 14 nitrogen and oxygen atoms in total. The van der Waals surface area contributed by atoms with Crippen molar-refractivity contribution in [3.8, 4) is 11.1 Å². The normalized spacial score (nSPS) is 12.1. The third-order valence-electron chi connectivity index (χ3n) is 4.36. The number of aliphatic carboxylic acids is 2. The quantitative estimate of drug-likeness (QED) is 0.117. The SMILES string of the molecule is NC(N)=NC(=O)OCc1cccc(-c2cnc(N3CC(=NOCCF)C3)nc2)c1F.O=C(O)/C=C\C(=O)O. The van der Waals surface area contributed by atoms with Gasteiger partial charge in [-0.25, -0.2) is 33.1 Å². The summed E-state index contributed by atoms with van der Waals surface area (Å²) in [5.41, 5.74) is 11.8. The van der Waals surface area contributed by atoms with Gasteiger partial charge in [-0.1, -0.05) is 23.4 Å². The first-order valence-electron chi connectivity index (χ1n) is 10.6. The van der Waals surface area contributed by atoms with Crippen molar-refractivity contribution in [3.63, 3.8) is 0 Å². The van der Waals surface area contributed by atoms with Crippen molar-refractivity contribution in [2.75, 3.05) is 31.3 Å². The molecular weight excluding hydrogens is 512 g/mol. The van der Waals surface area contributed by atoms with Crippen molar-refractivity contribution >= 4 is 35.7 Å². The van der Waals surface area contributed by atoms with E-state index in [0.29, 0.717) is 36.8 Å². The number of rotatable bonds is 9. The molecular formula is C22H23F2N7O7. The Bertz CT molecular complexity index is 1210. The highest BCUT2D eigenvalue weighted by molar-refractivity contribution is 5.98. The monoisotopic (exact) mass is 535 g/mol. The van der Waals surface area contributed by atoms with E-state index in [1.54, 1.807) is 12.1 Å². The Hall–Kier alpha value is -5.15. The van der Waals surface area contributed by atoms with Crippen LogP contribution in [0.25, 0.3) is 11.1 Å². The highest BCUT2D eigenvalue weighted by atomic mass is 19.1. The van der Waals surface area contributed by atoms with Crippen molar-refractivity contribution < 1.29 is 43.0 Å². The zero-order valence-corrected chi connectivity index (χ0v) is 19.7. The third-order valence-corrected chi connectivity index (χ3v) is 4.36. The number of aliphatic imine (C=N–C) groups is 1. The average Bonchev–Trinajstić information content (AvgIpc) is 2.84. The van der Waals surface area contributed by atoms with Gasteiger partial charge in [0.25, 0.3) is 0 Å². The fraction of sp³-hybridized carbons (Fsp3) is 0.227. The molecule has 1 aliphatic heterocycles. The predicted molar refractivity (Wildman–Crippen MR) is 129 cm³/mol. The van der Waals surface area contributed by atoms with E-state index in [1.807, 2.05) is 4.90 Å². The van der Waals surface area contributed by atoms with E-state index >= 15 is 0 Å². The molecule has 0 unspecified atom stereocenters. The molecule has 1 amide bonds. The standard InChI is InChI=1S/C18H19F2N7O3.C4H4O4/c19-4-5-30-26-13-8-27(9-13)17-23-6-12(7-24-17)14-3-1-2-11(15(14)20)10-29-18(28)25-16(21)22;5-3(6)1-2-4(7)8/h1-3,6-7H,4-5,8-10H2,(H4,21,22,25,28);1-2H,(H,5,6)(H,7,8)/b;2-1-. The molecule has 1 aromatic carbocycles. The van der Waals surface area contributed by atoms with Crippen LogP contribution in [0.3, 0.4) is 0 Å². The Morgan fingerprint density at radius 1 is 1.11 bits per heavy atom. The summed E-state index contributed by atoms with van der Waals surface area (Å²) in [5, 5.41) is 19.4. The summed E-state index contributed by atoms with van der Waals surface area (Å²) in [6.45, 7) is -0.0732. The molecule has 6 N–H and O–H groups in total. The highest BCUT2D eigenvalue weighted by Gasteiger charge is 2.25. The Kier molecular flexibility index (Phi) is 11.0. The molecule has 16 heteroatoms. The number of guanidine groups is 1. The van der Waals surface area contributed by atoms with E-state index in [0.717, 1.165) is 5.71 Å². The number of carboxylic acid groups (broad SMARTS) is 2. The summed E-state index contributed by atoms with van der Waals surface area (Å²) in [5.74, 6) is -3.08. The molecule has 38 heavy (non-hydrogen) atoms. The number of benzene rings is 1. The zero-order chi connectivity index (χ0) is 28.1. The van der Waals surface area contributed by atoms with Gasteiger partial charge in [0.2, 0.25) is 5.95 Å². The van der Waals surface area contributed by atoms with Crippen molar-refractivity contribution in [3.05, 3.63) is 54.1 Å². The topological polar surface area (TPSA) is 216 Å². The summed E-state index contributed by atoms with van der Waals surface area (Å²) >= 11 is 0. The van der Waals surface area contributed by atoms with Crippen LogP contribution in [0.15, 0.2) is 52.9 Å². The number of alkyl halides is 1. The van der Waals surface area contributed by atoms with Crippen molar-refractivity contribution in [1.29, 1.82) is 0 Å². The molecule has 2 heterocycles. The second kappa shape index (κ2) is 14.4. The largest absolute Gasteiger partial charge is 0.478 e. The molecule has 0 saturated carbocycles. The van der Waals surface area contributed by atoms with Gasteiger partial charge in [0.05, 0.1) is 18.8 Å². The molecule has 0 radical (unpaired) electrons. The Morgan fingerprint density at radius 2 is 1.74 bits per heavy atom. The van der Waals surface area contributed by atoms with Crippen LogP contribution < -0.4 is 16.4 Å². The molecule has 0 aliphatic carbocycles. The molecule has 1 fully saturated rings. The Labute approximate surface area is 213 Å². The Morgan fingerprint density at radius 3 is 2.29 bits per heavy atom. The van der Waals surface area contributed by atoms with E-state index in [-0.39, 0.29) is 24.3 Å². The van der Waals surface area contributed by atoms with Crippen LogP contribution in [-0.4, -0.2) is 76.3 Å². The summed E-state index contributed by atoms with van der Waals surface area (Å²) in [4.78, 5) is 48.8. The maximum Gasteiger partial charge on any atom is 0.437 e. The highest BCUT2D eigenvalue weighted by Crippen LogP contribution is 2.26. The maximum atomic E-state index is 14.8. The van der Waals surface area contributed by atoms with Crippen LogP contribution in [0.4, 0.5) is 19.5 Å². The molecule has 0 spiro atoms. The van der Waals surface area contributed by atoms with E-state index < -0.39 is 36.5 Å². The number of oxime groups is 1. The number of nitrogens with two attached hydrogens (primary N) is 2. The summed E-state index contributed by atoms with van der Waals surface area (Å²) in [6.07, 6.45) is 3.08. The van der Waals surface area contributed by atoms with Gasteiger partial charge in [0.15, 0.2) is 5.96 Å². The second-order valence-corrected chi connectivity index (χ2v) is 7.19. The number of halogens is 2. The molecule has 1 saturated heterocycles. The molecule has 2 aromatic rings. The molecule has 1 aromatic heterocycles. The number of nitrogens with zero attached hydrogens (tertiary/aromatic N) is 5. The fourth-order valence-electron chi connectivity index (χ4n) is 2.72. The number of hydrogen-bond donors (Lipinski definition) is 4. The lowest BCUT2D eigenvalue weighted by atomic mass is 10.1. The van der Waals surface area contributed by atoms with Gasteiger partial charge >= 0.3 is 18.0 Å². The van der Waals surface area contributed by atoms with E-state index in [1.165, 1.54) is 18.5 Å². The molecule has 3 rings (SSSR count). The average molecular weight is 535 g/mol. The zero-order valence-electron chi connectivity index (χ0n) is 19.7. The van der Waals surface area contributed by atoms with E-state index in [2.05, 4.69) is 20.1 Å². The fourth-order valence-corrected chi connectivity index (χ4v) is 2.72. The number of amides is 1. The number of carbonyl (C=O) groups is 3. The van der Waals surface area contributed by atoms with Gasteiger partial charge in [-0.15, -0.1) is 4.99 Å². The number of hydrogen-bond acceptors (Lipinski definition) is 9. The first-order valence-corrected chi connectivity index (χ1v) is 10.6. The number of carboxylic acids is 2. The van der Waals surface area contributed by atoms with Gasteiger partial charge in [-0.3, -0.25) is 0 Å². The molecule has 0 atom stereocenters. The van der Waals surface area contributed by atoms with E-state index in [4.69, 9.17) is 31.3 Å². The van der Waals surface area contributed by atoms with Gasteiger partial charge in [-0.05, 0) is 0 Å². The number of carbonyl (C=O) groups excluding carboxylic acids is 1. The van der Waals surface area contributed by atoms with Crippen LogP contribution in [0, 0.1) is 5.82 Å². The first kappa shape index (κ1) is 29.1. The van der Waals surface area contributed by atoms with E-state index in [9.17, 15) is 23.2 Å². The lowest BCUT2D eigenvalue weighted by Gasteiger charge is -2.31. The van der Waals surface area contributed by atoms with Crippen molar-refractivity contribution in [2.45, 2.75) is 6.61 Å². The van der Waals surface area contributed by atoms with Crippen LogP contribution in [0.2, 0.25) is 0 Å². The predicted octanol–water partition coefficient (Wildman–Crippen LogP) is 1.07. The minimum absolute atomic E-state index is 0.0766. The van der Waals surface area contributed by atoms with Crippen LogP contribution in [0.5, 0.6) is 0 Å². The maximum absolute atomic E-state index is 14.8. The molecule has 0 bridgehead atoms. The minimum atomic E-state index is -1.26.